The Balaban J connectivity index is 2.27. The third-order valence-corrected chi connectivity index (χ3v) is 3.72. The molecule has 0 saturated heterocycles. The quantitative estimate of drug-likeness (QED) is 0.781. The molecule has 0 fully saturated rings. The van der Waals surface area contributed by atoms with Crippen LogP contribution in [0.4, 0.5) is 0 Å². The van der Waals surface area contributed by atoms with Gasteiger partial charge in [0, 0.05) is 11.4 Å². The van der Waals surface area contributed by atoms with Crippen LogP contribution >= 0.6 is 11.3 Å². The molecule has 0 spiro atoms. The lowest BCUT2D eigenvalue weighted by atomic mass is 10.0. The Morgan fingerprint density at radius 1 is 1.69 bits per heavy atom. The highest BCUT2D eigenvalue weighted by Crippen LogP contribution is 2.33. The Morgan fingerprint density at radius 3 is 3.31 bits per heavy atom. The molecule has 1 aromatic rings. The fourth-order valence-electron chi connectivity index (χ4n) is 1.80. The van der Waals surface area contributed by atoms with Crippen LogP contribution in [-0.4, -0.2) is 20.2 Å². The number of ether oxygens (including phenoxy) is 1. The largest absolute Gasteiger partial charge is 0.371 e. The highest BCUT2D eigenvalue weighted by molar-refractivity contribution is 7.10. The van der Waals surface area contributed by atoms with Gasteiger partial charge in [-0.1, -0.05) is 0 Å². The number of hydrogen-bond acceptors (Lipinski definition) is 3. The van der Waals surface area contributed by atoms with Gasteiger partial charge in [0.15, 0.2) is 0 Å². The summed E-state index contributed by atoms with van der Waals surface area (Å²) in [5.74, 6) is 0. The Hall–Kier alpha value is -0.380. The summed E-state index contributed by atoms with van der Waals surface area (Å²) in [6.07, 6.45) is 1.37. The average Bonchev–Trinajstić information content (AvgIpc) is 2.50. The standard InChI is InChI=1S/C10H15NOS/c1-7-6-13-10-8(7)3-4-12-9(10)5-11-2/h6,9,11H,3-5H2,1-2H3/t9-/m1/s1. The van der Waals surface area contributed by atoms with Crippen molar-refractivity contribution in [2.24, 2.45) is 0 Å². The third kappa shape index (κ3) is 1.64. The molecule has 3 heteroatoms. The molecule has 1 aliphatic heterocycles. The van der Waals surface area contributed by atoms with Crippen molar-refractivity contribution in [3.8, 4) is 0 Å². The van der Waals surface area contributed by atoms with Gasteiger partial charge in [0.25, 0.3) is 0 Å². The predicted molar refractivity (Wildman–Crippen MR) is 55.4 cm³/mol. The Kier molecular flexibility index (Phi) is 2.67. The van der Waals surface area contributed by atoms with E-state index in [-0.39, 0.29) is 6.10 Å². The molecule has 0 unspecified atom stereocenters. The second kappa shape index (κ2) is 3.78. The maximum Gasteiger partial charge on any atom is 0.104 e. The molecule has 2 heterocycles. The van der Waals surface area contributed by atoms with E-state index in [1.54, 1.807) is 0 Å². The van der Waals surface area contributed by atoms with Gasteiger partial charge in [-0.25, -0.2) is 0 Å². The van der Waals surface area contributed by atoms with Crippen molar-refractivity contribution in [1.82, 2.24) is 5.32 Å². The number of likely N-dealkylation sites (N-methyl/N-ethyl adjacent to an activating group) is 1. The molecule has 0 saturated carbocycles. The van der Waals surface area contributed by atoms with Crippen molar-refractivity contribution in [1.29, 1.82) is 0 Å². The predicted octanol–water partition coefficient (Wildman–Crippen LogP) is 1.89. The lowest BCUT2D eigenvalue weighted by Gasteiger charge is -2.23. The number of hydrogen-bond donors (Lipinski definition) is 1. The van der Waals surface area contributed by atoms with Crippen molar-refractivity contribution in [2.45, 2.75) is 19.4 Å². The van der Waals surface area contributed by atoms with Gasteiger partial charge in [-0.3, -0.25) is 0 Å². The van der Waals surface area contributed by atoms with Crippen molar-refractivity contribution in [3.05, 3.63) is 21.4 Å². The van der Waals surface area contributed by atoms with Gasteiger partial charge < -0.3 is 10.1 Å². The molecule has 1 atom stereocenters. The van der Waals surface area contributed by atoms with E-state index in [0.717, 1.165) is 19.6 Å². The molecule has 2 nitrogen and oxygen atoms in total. The molecule has 13 heavy (non-hydrogen) atoms. The molecule has 72 valence electrons. The van der Waals surface area contributed by atoms with Crippen molar-refractivity contribution in [2.75, 3.05) is 20.2 Å². The smallest absolute Gasteiger partial charge is 0.104 e. The van der Waals surface area contributed by atoms with Gasteiger partial charge in [-0.05, 0) is 36.9 Å². The minimum absolute atomic E-state index is 0.285. The zero-order valence-corrected chi connectivity index (χ0v) is 8.91. The molecule has 0 aromatic carbocycles. The molecule has 1 aliphatic rings. The van der Waals surface area contributed by atoms with Crippen LogP contribution in [0.25, 0.3) is 0 Å². The number of rotatable bonds is 2. The molecule has 1 aromatic heterocycles. The summed E-state index contributed by atoms with van der Waals surface area (Å²) in [7, 11) is 1.97. The molecular formula is C10H15NOS. The lowest BCUT2D eigenvalue weighted by Crippen LogP contribution is -2.24. The van der Waals surface area contributed by atoms with Crippen LogP contribution < -0.4 is 5.32 Å². The van der Waals surface area contributed by atoms with E-state index in [4.69, 9.17) is 4.74 Å². The van der Waals surface area contributed by atoms with E-state index in [1.165, 1.54) is 16.0 Å². The van der Waals surface area contributed by atoms with Gasteiger partial charge in [0.2, 0.25) is 0 Å². The van der Waals surface area contributed by atoms with Crippen LogP contribution in [0.3, 0.4) is 0 Å². The number of nitrogens with one attached hydrogen (secondary N) is 1. The van der Waals surface area contributed by atoms with E-state index in [0.29, 0.717) is 0 Å². The van der Waals surface area contributed by atoms with Crippen molar-refractivity contribution in [3.63, 3.8) is 0 Å². The first kappa shape index (κ1) is 9.19. The van der Waals surface area contributed by atoms with Crippen LogP contribution in [-0.2, 0) is 11.2 Å². The molecule has 1 N–H and O–H groups in total. The summed E-state index contributed by atoms with van der Waals surface area (Å²) < 4.78 is 5.71. The average molecular weight is 197 g/mol. The van der Waals surface area contributed by atoms with E-state index in [1.807, 2.05) is 18.4 Å². The van der Waals surface area contributed by atoms with E-state index >= 15 is 0 Å². The summed E-state index contributed by atoms with van der Waals surface area (Å²) in [6, 6.07) is 0. The molecule has 0 amide bonds. The van der Waals surface area contributed by atoms with Gasteiger partial charge in [-0.2, -0.15) is 0 Å². The summed E-state index contributed by atoms with van der Waals surface area (Å²) in [5.41, 5.74) is 2.96. The number of thiophene rings is 1. The normalized spacial score (nSPS) is 21.5. The van der Waals surface area contributed by atoms with E-state index in [9.17, 15) is 0 Å². The third-order valence-electron chi connectivity index (χ3n) is 2.49. The monoisotopic (exact) mass is 197 g/mol. The van der Waals surface area contributed by atoms with E-state index in [2.05, 4.69) is 17.6 Å². The maximum atomic E-state index is 5.71. The topological polar surface area (TPSA) is 21.3 Å². The molecule has 0 bridgehead atoms. The highest BCUT2D eigenvalue weighted by atomic mass is 32.1. The van der Waals surface area contributed by atoms with Gasteiger partial charge in [0.05, 0.1) is 6.61 Å². The Morgan fingerprint density at radius 2 is 2.54 bits per heavy atom. The van der Waals surface area contributed by atoms with E-state index < -0.39 is 0 Å². The second-order valence-corrected chi connectivity index (χ2v) is 4.34. The first-order chi connectivity index (χ1) is 6.33. The molecule has 2 rings (SSSR count). The van der Waals surface area contributed by atoms with Crippen LogP contribution in [0.2, 0.25) is 0 Å². The lowest BCUT2D eigenvalue weighted by molar-refractivity contribution is 0.0467. The summed E-state index contributed by atoms with van der Waals surface area (Å²) in [6.45, 7) is 3.99. The zero-order valence-electron chi connectivity index (χ0n) is 8.09. The Labute approximate surface area is 82.9 Å². The Bertz CT molecular complexity index is 295. The van der Waals surface area contributed by atoms with Gasteiger partial charge >= 0.3 is 0 Å². The van der Waals surface area contributed by atoms with Crippen molar-refractivity contribution < 1.29 is 4.74 Å². The zero-order chi connectivity index (χ0) is 9.26. The van der Waals surface area contributed by atoms with Crippen LogP contribution in [0.1, 0.15) is 22.1 Å². The summed E-state index contributed by atoms with van der Waals surface area (Å²) >= 11 is 1.84. The van der Waals surface area contributed by atoms with Crippen LogP contribution in [0, 0.1) is 6.92 Å². The fraction of sp³-hybridized carbons (Fsp3) is 0.600. The van der Waals surface area contributed by atoms with Crippen LogP contribution in [0.5, 0.6) is 0 Å². The van der Waals surface area contributed by atoms with Gasteiger partial charge in [0.1, 0.15) is 6.10 Å². The fourth-order valence-corrected chi connectivity index (χ4v) is 2.95. The summed E-state index contributed by atoms with van der Waals surface area (Å²) in [4.78, 5) is 1.43. The maximum absolute atomic E-state index is 5.71. The summed E-state index contributed by atoms with van der Waals surface area (Å²) in [5, 5.41) is 5.41. The minimum atomic E-state index is 0.285. The first-order valence-electron chi connectivity index (χ1n) is 4.66. The number of aryl methyl sites for hydroxylation is 1. The SMILES string of the molecule is CNC[C@H]1OCCc2c(C)csc21. The minimum Gasteiger partial charge on any atom is -0.371 e. The first-order valence-corrected chi connectivity index (χ1v) is 5.54. The molecule has 0 aliphatic carbocycles. The highest BCUT2D eigenvalue weighted by Gasteiger charge is 2.22. The van der Waals surface area contributed by atoms with Gasteiger partial charge in [-0.15, -0.1) is 11.3 Å². The van der Waals surface area contributed by atoms with Crippen molar-refractivity contribution >= 4 is 11.3 Å². The van der Waals surface area contributed by atoms with Crippen LogP contribution in [0.15, 0.2) is 5.38 Å². The molecule has 0 radical (unpaired) electrons. The molecular weight excluding hydrogens is 182 g/mol. The second-order valence-electron chi connectivity index (χ2n) is 3.43. The number of fused-ring (bicyclic) bond motifs is 1.